The third-order valence-corrected chi connectivity index (χ3v) is 5.25. The van der Waals surface area contributed by atoms with Crippen molar-refractivity contribution in [3.05, 3.63) is 62.7 Å². The van der Waals surface area contributed by atoms with Crippen LogP contribution in [0.1, 0.15) is 24.3 Å². The molecule has 3 aromatic rings. The van der Waals surface area contributed by atoms with Crippen LogP contribution < -0.4 is 16.1 Å². The second-order valence-electron chi connectivity index (χ2n) is 6.72. The molecule has 0 aliphatic heterocycles. The summed E-state index contributed by atoms with van der Waals surface area (Å²) in [5.74, 6) is -2.21. The lowest BCUT2D eigenvalue weighted by Gasteiger charge is -2.13. The van der Waals surface area contributed by atoms with E-state index in [2.05, 4.69) is 32.0 Å². The van der Waals surface area contributed by atoms with Crippen molar-refractivity contribution in [3.63, 3.8) is 0 Å². The smallest absolute Gasteiger partial charge is 0.328 e. The van der Waals surface area contributed by atoms with E-state index in [1.807, 2.05) is 0 Å². The normalized spacial score (nSPS) is 10.9. The Balaban J connectivity index is 1.97. The molecule has 0 unspecified atom stereocenters. The Kier molecular flexibility index (Phi) is 6.70. The average molecular weight is 512 g/mol. The zero-order valence-corrected chi connectivity index (χ0v) is 19.0. The fourth-order valence-corrected chi connectivity index (χ4v) is 3.40. The van der Waals surface area contributed by atoms with Crippen LogP contribution in [-0.4, -0.2) is 28.4 Å². The summed E-state index contributed by atoms with van der Waals surface area (Å²) in [5.41, 5.74) is 3.58. The Morgan fingerprint density at radius 3 is 2.37 bits per heavy atom. The first-order chi connectivity index (χ1) is 14.2. The van der Waals surface area contributed by atoms with E-state index in [1.165, 1.54) is 10.7 Å². The van der Waals surface area contributed by atoms with Gasteiger partial charge in [0.15, 0.2) is 0 Å². The number of nitrogens with one attached hydrogen (secondary N) is 3. The summed E-state index contributed by atoms with van der Waals surface area (Å²) in [5, 5.41) is 6.56. The number of anilines is 1. The summed E-state index contributed by atoms with van der Waals surface area (Å²) < 4.78 is 2.07. The number of hydrogen-bond donors (Lipinski definition) is 3. The van der Waals surface area contributed by atoms with Gasteiger partial charge in [-0.2, -0.15) is 0 Å². The molecule has 0 bridgehead atoms. The number of halogens is 3. The van der Waals surface area contributed by atoms with Gasteiger partial charge in [0.2, 0.25) is 0 Å². The zero-order valence-electron chi connectivity index (χ0n) is 15.9. The number of aromatic nitrogens is 1. The van der Waals surface area contributed by atoms with Gasteiger partial charge < -0.3 is 10.6 Å². The van der Waals surface area contributed by atoms with Crippen molar-refractivity contribution in [1.82, 2.24) is 9.99 Å². The van der Waals surface area contributed by atoms with Crippen molar-refractivity contribution >= 4 is 73.4 Å². The van der Waals surface area contributed by atoms with Crippen molar-refractivity contribution in [2.75, 3.05) is 10.7 Å². The van der Waals surface area contributed by atoms with Crippen molar-refractivity contribution in [2.45, 2.75) is 19.9 Å². The van der Waals surface area contributed by atoms with Gasteiger partial charge in [-0.1, -0.05) is 39.1 Å². The van der Waals surface area contributed by atoms with Gasteiger partial charge >= 0.3 is 11.8 Å². The number of carbonyl (C=O) groups excluding carboxylic acids is 3. The SMILES string of the molecule is CC(C)NC(=O)C(=O)Nn1c(C(=O)Nc2ccc(Cl)c(Cl)c2)cc2cc(Br)ccc21. The van der Waals surface area contributed by atoms with Crippen molar-refractivity contribution in [1.29, 1.82) is 0 Å². The largest absolute Gasteiger partial charge is 0.346 e. The molecule has 0 saturated heterocycles. The molecule has 0 radical (unpaired) electrons. The lowest BCUT2D eigenvalue weighted by molar-refractivity contribution is -0.137. The van der Waals surface area contributed by atoms with Gasteiger partial charge in [-0.15, -0.1) is 0 Å². The summed E-state index contributed by atoms with van der Waals surface area (Å²) in [6.07, 6.45) is 0. The Morgan fingerprint density at radius 1 is 0.967 bits per heavy atom. The maximum absolute atomic E-state index is 12.9. The number of nitrogens with zero attached hydrogens (tertiary/aromatic N) is 1. The topological polar surface area (TPSA) is 92.2 Å². The first-order valence-corrected chi connectivity index (χ1v) is 10.4. The standard InChI is InChI=1S/C20H17BrCl2N4O3/c1-10(2)24-19(29)20(30)26-27-16-6-3-12(21)7-11(16)8-17(27)18(28)25-13-4-5-14(22)15(23)9-13/h3-10H,1-2H3,(H,24,29)(H,25,28)(H,26,30). The Hall–Kier alpha value is -2.55. The van der Waals surface area contributed by atoms with Gasteiger partial charge in [0, 0.05) is 21.6 Å². The zero-order chi connectivity index (χ0) is 22.0. The molecule has 0 aliphatic rings. The van der Waals surface area contributed by atoms with Crippen LogP contribution in [0, 0.1) is 0 Å². The molecule has 0 aliphatic carbocycles. The van der Waals surface area contributed by atoms with Gasteiger partial charge in [-0.25, -0.2) is 4.68 Å². The summed E-state index contributed by atoms with van der Waals surface area (Å²) in [4.78, 5) is 37.3. The van der Waals surface area contributed by atoms with E-state index in [1.54, 1.807) is 50.2 Å². The molecule has 1 heterocycles. The summed E-state index contributed by atoms with van der Waals surface area (Å²) >= 11 is 15.3. The minimum Gasteiger partial charge on any atom is -0.346 e. The highest BCUT2D eigenvalue weighted by atomic mass is 79.9. The number of amides is 3. The molecule has 0 spiro atoms. The van der Waals surface area contributed by atoms with Gasteiger partial charge in [0.1, 0.15) is 5.69 Å². The molecule has 0 atom stereocenters. The molecule has 1 aromatic heterocycles. The fourth-order valence-electron chi connectivity index (χ4n) is 2.72. The minimum absolute atomic E-state index is 0.125. The van der Waals surface area contributed by atoms with E-state index in [4.69, 9.17) is 23.2 Å². The predicted molar refractivity (Wildman–Crippen MR) is 122 cm³/mol. The molecule has 7 nitrogen and oxygen atoms in total. The summed E-state index contributed by atoms with van der Waals surface area (Å²) in [6.45, 7) is 3.48. The molecule has 0 fully saturated rings. The van der Waals surface area contributed by atoms with Gasteiger partial charge in [-0.3, -0.25) is 19.8 Å². The highest BCUT2D eigenvalue weighted by molar-refractivity contribution is 9.10. The fraction of sp³-hybridized carbons (Fsp3) is 0.150. The molecular formula is C20H17BrCl2N4O3. The molecule has 3 amide bonds. The summed E-state index contributed by atoms with van der Waals surface area (Å²) in [6, 6.07) is 11.3. The van der Waals surface area contributed by atoms with Crippen LogP contribution in [0.3, 0.4) is 0 Å². The third-order valence-electron chi connectivity index (χ3n) is 4.01. The molecule has 0 saturated carbocycles. The van der Waals surface area contributed by atoms with Gasteiger partial charge in [0.25, 0.3) is 5.91 Å². The van der Waals surface area contributed by atoms with Crippen LogP contribution in [0.5, 0.6) is 0 Å². The van der Waals surface area contributed by atoms with Crippen LogP contribution >= 0.6 is 39.1 Å². The number of benzene rings is 2. The first-order valence-electron chi connectivity index (χ1n) is 8.85. The molecule has 156 valence electrons. The lowest BCUT2D eigenvalue weighted by Crippen LogP contribution is -2.42. The molecule has 3 rings (SSSR count). The summed E-state index contributed by atoms with van der Waals surface area (Å²) in [7, 11) is 0. The average Bonchev–Trinajstić information content (AvgIpc) is 3.01. The van der Waals surface area contributed by atoms with Crippen LogP contribution in [0.25, 0.3) is 10.9 Å². The Bertz CT molecular complexity index is 1160. The first kappa shape index (κ1) is 22.1. The lowest BCUT2D eigenvalue weighted by atomic mass is 10.2. The van der Waals surface area contributed by atoms with E-state index in [-0.39, 0.29) is 16.8 Å². The molecule has 30 heavy (non-hydrogen) atoms. The van der Waals surface area contributed by atoms with Crippen LogP contribution in [-0.2, 0) is 9.59 Å². The predicted octanol–water partition coefficient (Wildman–Crippen LogP) is 4.56. The van der Waals surface area contributed by atoms with Crippen LogP contribution in [0.15, 0.2) is 46.9 Å². The van der Waals surface area contributed by atoms with E-state index in [0.717, 1.165) is 4.47 Å². The van der Waals surface area contributed by atoms with Gasteiger partial charge in [-0.05, 0) is 56.3 Å². The van der Waals surface area contributed by atoms with Crippen molar-refractivity contribution in [3.8, 4) is 0 Å². The van der Waals surface area contributed by atoms with Gasteiger partial charge in [0.05, 0.1) is 15.6 Å². The Morgan fingerprint density at radius 2 is 1.70 bits per heavy atom. The molecule has 2 aromatic carbocycles. The maximum atomic E-state index is 12.9. The van der Waals surface area contributed by atoms with E-state index >= 15 is 0 Å². The number of hydrogen-bond acceptors (Lipinski definition) is 3. The Labute approximate surface area is 190 Å². The second kappa shape index (κ2) is 9.07. The number of rotatable bonds is 4. The maximum Gasteiger partial charge on any atom is 0.328 e. The third kappa shape index (κ3) is 4.95. The molecular weight excluding hydrogens is 495 g/mol. The molecule has 10 heteroatoms. The van der Waals surface area contributed by atoms with Crippen molar-refractivity contribution < 1.29 is 14.4 Å². The van der Waals surface area contributed by atoms with E-state index in [0.29, 0.717) is 21.6 Å². The second-order valence-corrected chi connectivity index (χ2v) is 8.45. The number of carbonyl (C=O) groups is 3. The monoisotopic (exact) mass is 510 g/mol. The highest BCUT2D eigenvalue weighted by Crippen LogP contribution is 2.27. The van der Waals surface area contributed by atoms with E-state index < -0.39 is 17.7 Å². The van der Waals surface area contributed by atoms with Crippen LogP contribution in [0.2, 0.25) is 10.0 Å². The quantitative estimate of drug-likeness (QED) is 0.448. The highest BCUT2D eigenvalue weighted by Gasteiger charge is 2.21. The van der Waals surface area contributed by atoms with Crippen molar-refractivity contribution in [2.24, 2.45) is 0 Å². The number of fused-ring (bicyclic) bond motifs is 1. The minimum atomic E-state index is -0.896. The van der Waals surface area contributed by atoms with Crippen LogP contribution in [0.4, 0.5) is 5.69 Å². The van der Waals surface area contributed by atoms with E-state index in [9.17, 15) is 14.4 Å². The molecule has 3 N–H and O–H groups in total.